The molecule has 2 aliphatic carbocycles. The van der Waals surface area contributed by atoms with Crippen molar-refractivity contribution in [3.05, 3.63) is 27.7 Å². The molecule has 4 rings (SSSR count). The van der Waals surface area contributed by atoms with Crippen LogP contribution in [0.5, 0.6) is 0 Å². The SMILES string of the molecule is Fc1cc2c(cc1Cl)[nH]c(=S)n2CC1CC2CCC1C2. The molecule has 2 aromatic rings. The van der Waals surface area contributed by atoms with E-state index in [1.165, 1.54) is 31.7 Å². The van der Waals surface area contributed by atoms with Crippen LogP contribution in [0.3, 0.4) is 0 Å². The van der Waals surface area contributed by atoms with Gasteiger partial charge in [0, 0.05) is 12.6 Å². The molecule has 2 aliphatic rings. The summed E-state index contributed by atoms with van der Waals surface area (Å²) in [6, 6.07) is 3.12. The number of nitrogens with one attached hydrogen (secondary N) is 1. The molecule has 3 atom stereocenters. The number of rotatable bonds is 2. The monoisotopic (exact) mass is 310 g/mol. The van der Waals surface area contributed by atoms with Crippen LogP contribution in [0.15, 0.2) is 12.1 Å². The Morgan fingerprint density at radius 3 is 2.90 bits per heavy atom. The Morgan fingerprint density at radius 2 is 2.20 bits per heavy atom. The molecule has 1 heterocycles. The van der Waals surface area contributed by atoms with Crippen molar-refractivity contribution in [2.24, 2.45) is 17.8 Å². The van der Waals surface area contributed by atoms with Crippen molar-refractivity contribution in [1.29, 1.82) is 0 Å². The molecule has 2 saturated carbocycles. The second-order valence-electron chi connectivity index (χ2n) is 6.26. The molecule has 1 N–H and O–H groups in total. The number of fused-ring (bicyclic) bond motifs is 3. The summed E-state index contributed by atoms with van der Waals surface area (Å²) in [7, 11) is 0. The number of benzene rings is 1. The molecular weight excluding hydrogens is 295 g/mol. The minimum absolute atomic E-state index is 0.140. The Bertz CT molecular complexity index is 735. The fraction of sp³-hybridized carbons (Fsp3) is 0.533. The largest absolute Gasteiger partial charge is 0.331 e. The minimum atomic E-state index is -0.380. The molecule has 0 amide bonds. The molecule has 5 heteroatoms. The van der Waals surface area contributed by atoms with Gasteiger partial charge in [-0.1, -0.05) is 18.0 Å². The van der Waals surface area contributed by atoms with Gasteiger partial charge in [-0.2, -0.15) is 0 Å². The first-order valence-corrected chi connectivity index (χ1v) is 7.98. The Labute approximate surface area is 126 Å². The van der Waals surface area contributed by atoms with Gasteiger partial charge in [0.25, 0.3) is 0 Å². The maximum Gasteiger partial charge on any atom is 0.178 e. The van der Waals surface area contributed by atoms with E-state index in [1.807, 2.05) is 0 Å². The number of hydrogen-bond acceptors (Lipinski definition) is 1. The summed E-state index contributed by atoms with van der Waals surface area (Å²) in [5.41, 5.74) is 1.66. The second-order valence-corrected chi connectivity index (χ2v) is 7.05. The number of halogens is 2. The first-order chi connectivity index (χ1) is 9.61. The molecule has 0 aliphatic heterocycles. The van der Waals surface area contributed by atoms with Gasteiger partial charge in [-0.15, -0.1) is 0 Å². The lowest BCUT2D eigenvalue weighted by molar-refractivity contribution is 0.297. The average molecular weight is 311 g/mol. The van der Waals surface area contributed by atoms with E-state index >= 15 is 0 Å². The predicted octanol–water partition coefficient (Wildman–Crippen LogP) is 4.93. The Kier molecular flexibility index (Phi) is 2.93. The first kappa shape index (κ1) is 12.8. The third-order valence-electron chi connectivity index (χ3n) is 5.12. The molecular formula is C15H16ClFN2S. The topological polar surface area (TPSA) is 20.7 Å². The Morgan fingerprint density at radius 1 is 1.35 bits per heavy atom. The third kappa shape index (κ3) is 1.92. The van der Waals surface area contributed by atoms with Gasteiger partial charge in [-0.25, -0.2) is 4.39 Å². The smallest absolute Gasteiger partial charge is 0.178 e. The van der Waals surface area contributed by atoms with Crippen molar-refractivity contribution in [2.75, 3.05) is 0 Å². The highest BCUT2D eigenvalue weighted by molar-refractivity contribution is 7.71. The lowest BCUT2D eigenvalue weighted by atomic mass is 9.89. The summed E-state index contributed by atoms with van der Waals surface area (Å²) in [6.07, 6.45) is 5.42. The van der Waals surface area contributed by atoms with Crippen molar-refractivity contribution in [1.82, 2.24) is 9.55 Å². The minimum Gasteiger partial charge on any atom is -0.331 e. The lowest BCUT2D eigenvalue weighted by Crippen LogP contribution is -2.17. The zero-order chi connectivity index (χ0) is 13.9. The molecule has 0 saturated heterocycles. The molecule has 2 nitrogen and oxygen atoms in total. The van der Waals surface area contributed by atoms with Gasteiger partial charge in [0.1, 0.15) is 5.82 Å². The first-order valence-electron chi connectivity index (χ1n) is 7.19. The van der Waals surface area contributed by atoms with Crippen molar-refractivity contribution < 1.29 is 4.39 Å². The van der Waals surface area contributed by atoms with E-state index in [2.05, 4.69) is 9.55 Å². The average Bonchev–Trinajstić information content (AvgIpc) is 3.08. The van der Waals surface area contributed by atoms with E-state index < -0.39 is 0 Å². The van der Waals surface area contributed by atoms with Gasteiger partial charge in [0.2, 0.25) is 0 Å². The fourth-order valence-corrected chi connectivity index (χ4v) is 4.61. The summed E-state index contributed by atoms with van der Waals surface area (Å²) in [5, 5.41) is 0.140. The number of hydrogen-bond donors (Lipinski definition) is 1. The highest BCUT2D eigenvalue weighted by Gasteiger charge is 2.39. The molecule has 106 valence electrons. The molecule has 2 fully saturated rings. The predicted molar refractivity (Wildman–Crippen MR) is 81.0 cm³/mol. The Balaban J connectivity index is 1.74. The van der Waals surface area contributed by atoms with E-state index in [9.17, 15) is 4.39 Å². The third-order valence-corrected chi connectivity index (χ3v) is 5.73. The van der Waals surface area contributed by atoms with Crippen LogP contribution < -0.4 is 0 Å². The van der Waals surface area contributed by atoms with Crippen molar-refractivity contribution >= 4 is 34.9 Å². The quantitative estimate of drug-likeness (QED) is 0.780. The molecule has 1 aromatic carbocycles. The summed E-state index contributed by atoms with van der Waals surface area (Å²) < 4.78 is 16.4. The summed E-state index contributed by atoms with van der Waals surface area (Å²) in [4.78, 5) is 3.14. The molecule has 3 unspecified atom stereocenters. The summed E-state index contributed by atoms with van der Waals surface area (Å²) in [5.74, 6) is 2.06. The fourth-order valence-electron chi connectivity index (χ4n) is 4.17. The molecule has 0 spiro atoms. The number of aromatic nitrogens is 2. The number of nitrogens with zero attached hydrogens (tertiary/aromatic N) is 1. The van der Waals surface area contributed by atoms with E-state index in [1.54, 1.807) is 6.07 Å². The molecule has 0 radical (unpaired) electrons. The van der Waals surface area contributed by atoms with Gasteiger partial charge >= 0.3 is 0 Å². The summed E-state index contributed by atoms with van der Waals surface area (Å²) in [6.45, 7) is 0.904. The lowest BCUT2D eigenvalue weighted by Gasteiger charge is -2.22. The number of imidazole rings is 1. The molecule has 2 bridgehead atoms. The zero-order valence-corrected chi connectivity index (χ0v) is 12.6. The van der Waals surface area contributed by atoms with Crippen LogP contribution in [0.25, 0.3) is 11.0 Å². The van der Waals surface area contributed by atoms with Crippen LogP contribution in [0.2, 0.25) is 5.02 Å². The molecule has 1 aromatic heterocycles. The number of aromatic amines is 1. The van der Waals surface area contributed by atoms with Crippen LogP contribution >= 0.6 is 23.8 Å². The van der Waals surface area contributed by atoms with Gasteiger partial charge < -0.3 is 9.55 Å². The van der Waals surface area contributed by atoms with Crippen molar-refractivity contribution in [3.63, 3.8) is 0 Å². The Hall–Kier alpha value is -0.870. The van der Waals surface area contributed by atoms with Gasteiger partial charge in [-0.3, -0.25) is 0 Å². The van der Waals surface area contributed by atoms with Crippen LogP contribution in [0.4, 0.5) is 4.39 Å². The molecule has 20 heavy (non-hydrogen) atoms. The summed E-state index contributed by atoms with van der Waals surface area (Å²) >= 11 is 11.2. The van der Waals surface area contributed by atoms with Crippen molar-refractivity contribution in [3.8, 4) is 0 Å². The second kappa shape index (κ2) is 4.57. The zero-order valence-electron chi connectivity index (χ0n) is 11.0. The van der Waals surface area contributed by atoms with E-state index in [0.717, 1.165) is 29.4 Å². The van der Waals surface area contributed by atoms with Crippen LogP contribution in [-0.2, 0) is 6.54 Å². The van der Waals surface area contributed by atoms with Gasteiger partial charge in [0.15, 0.2) is 4.77 Å². The van der Waals surface area contributed by atoms with E-state index in [0.29, 0.717) is 10.7 Å². The van der Waals surface area contributed by atoms with Crippen LogP contribution in [0, 0.1) is 28.3 Å². The maximum absolute atomic E-state index is 13.7. The standard InChI is InChI=1S/C15H16ClFN2S/c16-11-5-13-14(6-12(11)17)19(15(20)18-13)7-10-4-8-1-2-9(10)3-8/h5-6,8-10H,1-4,7H2,(H,18,20). The highest BCUT2D eigenvalue weighted by atomic mass is 35.5. The highest BCUT2D eigenvalue weighted by Crippen LogP contribution is 2.49. The van der Waals surface area contributed by atoms with Gasteiger partial charge in [0.05, 0.1) is 16.1 Å². The van der Waals surface area contributed by atoms with Crippen molar-refractivity contribution in [2.45, 2.75) is 32.2 Å². The van der Waals surface area contributed by atoms with E-state index in [4.69, 9.17) is 23.8 Å². The normalized spacial score (nSPS) is 28.6. The van der Waals surface area contributed by atoms with Crippen LogP contribution in [0.1, 0.15) is 25.7 Å². The maximum atomic E-state index is 13.7. The number of H-pyrrole nitrogens is 1. The van der Waals surface area contributed by atoms with Gasteiger partial charge in [-0.05, 0) is 55.3 Å². The van der Waals surface area contributed by atoms with Crippen LogP contribution in [-0.4, -0.2) is 9.55 Å². The van der Waals surface area contributed by atoms with E-state index in [-0.39, 0.29) is 10.8 Å².